The Morgan fingerprint density at radius 1 is 1.15 bits per heavy atom. The van der Waals surface area contributed by atoms with Crippen molar-refractivity contribution in [2.45, 2.75) is 13.0 Å². The molecule has 2 heterocycles. The first-order chi connectivity index (χ1) is 9.84. The van der Waals surface area contributed by atoms with Crippen molar-refractivity contribution in [2.24, 2.45) is 0 Å². The quantitative estimate of drug-likeness (QED) is 0.723. The van der Waals surface area contributed by atoms with Gasteiger partial charge in [-0.15, -0.1) is 0 Å². The van der Waals surface area contributed by atoms with E-state index in [-0.39, 0.29) is 5.91 Å². The van der Waals surface area contributed by atoms with E-state index in [0.717, 1.165) is 13.0 Å². The highest BCUT2D eigenvalue weighted by Crippen LogP contribution is 2.15. The van der Waals surface area contributed by atoms with E-state index >= 15 is 0 Å². The minimum absolute atomic E-state index is 0.160. The van der Waals surface area contributed by atoms with Crippen LogP contribution in [0.4, 0.5) is 0 Å². The third-order valence-electron chi connectivity index (χ3n) is 3.29. The predicted octanol–water partition coefficient (Wildman–Crippen LogP) is 3.05. The summed E-state index contributed by atoms with van der Waals surface area (Å²) in [6.45, 7) is 1.51. The van der Waals surface area contributed by atoms with Crippen LogP contribution in [0, 0.1) is 0 Å². The molecule has 1 aromatic carbocycles. The van der Waals surface area contributed by atoms with Crippen molar-refractivity contribution in [3.8, 4) is 0 Å². The summed E-state index contributed by atoms with van der Waals surface area (Å²) in [7, 11) is 0. The van der Waals surface area contributed by atoms with Crippen molar-refractivity contribution in [2.75, 3.05) is 6.54 Å². The van der Waals surface area contributed by atoms with Crippen LogP contribution < -0.4 is 5.32 Å². The highest BCUT2D eigenvalue weighted by molar-refractivity contribution is 5.91. The normalized spacial score (nSPS) is 10.8. The van der Waals surface area contributed by atoms with Crippen LogP contribution >= 0.6 is 0 Å². The van der Waals surface area contributed by atoms with Crippen molar-refractivity contribution in [3.63, 3.8) is 0 Å². The summed E-state index contributed by atoms with van der Waals surface area (Å²) in [4.78, 5) is 11.7. The van der Waals surface area contributed by atoms with Crippen LogP contribution in [-0.2, 0) is 6.54 Å². The number of aromatic nitrogens is 1. The zero-order valence-corrected chi connectivity index (χ0v) is 11.1. The lowest BCUT2D eigenvalue weighted by atomic mass is 10.2. The molecule has 0 bridgehead atoms. The maximum Gasteiger partial charge on any atom is 0.286 e. The summed E-state index contributed by atoms with van der Waals surface area (Å²) >= 11 is 0. The fraction of sp³-hybridized carbons (Fsp3) is 0.188. The van der Waals surface area contributed by atoms with Gasteiger partial charge in [0.2, 0.25) is 0 Å². The van der Waals surface area contributed by atoms with Crippen LogP contribution in [0.25, 0.3) is 10.9 Å². The summed E-state index contributed by atoms with van der Waals surface area (Å²) in [5, 5.41) is 4.09. The lowest BCUT2D eigenvalue weighted by Crippen LogP contribution is -2.24. The molecule has 2 aromatic heterocycles. The Balaban J connectivity index is 1.52. The van der Waals surface area contributed by atoms with Crippen molar-refractivity contribution in [1.82, 2.24) is 9.88 Å². The Kier molecular flexibility index (Phi) is 3.54. The molecule has 1 amide bonds. The number of carbonyl (C=O) groups excluding carboxylic acids is 1. The molecule has 0 saturated heterocycles. The van der Waals surface area contributed by atoms with Crippen LogP contribution in [0.1, 0.15) is 17.0 Å². The molecule has 0 aliphatic rings. The van der Waals surface area contributed by atoms with Crippen LogP contribution in [0.3, 0.4) is 0 Å². The number of benzene rings is 1. The van der Waals surface area contributed by atoms with Crippen LogP contribution in [0.15, 0.2) is 59.3 Å². The largest absolute Gasteiger partial charge is 0.459 e. The number of fused-ring (bicyclic) bond motifs is 1. The topological polar surface area (TPSA) is 47.2 Å². The Morgan fingerprint density at radius 3 is 2.90 bits per heavy atom. The molecule has 102 valence electrons. The van der Waals surface area contributed by atoms with Gasteiger partial charge in [-0.3, -0.25) is 4.79 Å². The Hall–Kier alpha value is -2.49. The molecule has 0 fully saturated rings. The molecule has 0 radical (unpaired) electrons. The molecule has 0 aliphatic heterocycles. The van der Waals surface area contributed by atoms with Gasteiger partial charge in [-0.1, -0.05) is 18.2 Å². The lowest BCUT2D eigenvalue weighted by molar-refractivity contribution is 0.0925. The number of hydrogen-bond acceptors (Lipinski definition) is 2. The molecule has 0 unspecified atom stereocenters. The van der Waals surface area contributed by atoms with Crippen LogP contribution in [-0.4, -0.2) is 17.0 Å². The molecule has 4 nitrogen and oxygen atoms in total. The molecule has 0 spiro atoms. The van der Waals surface area contributed by atoms with E-state index in [4.69, 9.17) is 4.42 Å². The average molecular weight is 268 g/mol. The Bertz CT molecular complexity index is 698. The highest BCUT2D eigenvalue weighted by atomic mass is 16.3. The summed E-state index contributed by atoms with van der Waals surface area (Å²) < 4.78 is 7.24. The van der Waals surface area contributed by atoms with E-state index in [2.05, 4.69) is 34.3 Å². The van der Waals surface area contributed by atoms with Gasteiger partial charge in [-0.05, 0) is 36.1 Å². The van der Waals surface area contributed by atoms with Gasteiger partial charge >= 0.3 is 0 Å². The lowest BCUT2D eigenvalue weighted by Gasteiger charge is -2.06. The maximum absolute atomic E-state index is 11.7. The van der Waals surface area contributed by atoms with Crippen molar-refractivity contribution in [3.05, 3.63) is 60.7 Å². The smallest absolute Gasteiger partial charge is 0.286 e. The van der Waals surface area contributed by atoms with Gasteiger partial charge in [0.15, 0.2) is 5.76 Å². The van der Waals surface area contributed by atoms with Gasteiger partial charge in [0, 0.05) is 24.8 Å². The van der Waals surface area contributed by atoms with E-state index < -0.39 is 0 Å². The van der Waals surface area contributed by atoms with Crippen LogP contribution in [0.2, 0.25) is 0 Å². The first-order valence-corrected chi connectivity index (χ1v) is 6.70. The summed E-state index contributed by atoms with van der Waals surface area (Å²) in [6, 6.07) is 13.8. The van der Waals surface area contributed by atoms with Crippen molar-refractivity contribution < 1.29 is 9.21 Å². The number of para-hydroxylation sites is 1. The molecule has 3 aromatic rings. The minimum atomic E-state index is -0.160. The van der Waals surface area contributed by atoms with Gasteiger partial charge in [-0.2, -0.15) is 0 Å². The molecular formula is C16H16N2O2. The molecule has 20 heavy (non-hydrogen) atoms. The zero-order valence-electron chi connectivity index (χ0n) is 11.1. The number of furan rings is 1. The van der Waals surface area contributed by atoms with Crippen molar-refractivity contribution in [1.29, 1.82) is 0 Å². The second kappa shape index (κ2) is 5.65. The molecular weight excluding hydrogens is 252 g/mol. The first-order valence-electron chi connectivity index (χ1n) is 6.70. The molecule has 0 aliphatic carbocycles. The second-order valence-corrected chi connectivity index (χ2v) is 4.65. The number of rotatable bonds is 5. The predicted molar refractivity (Wildman–Crippen MR) is 77.6 cm³/mol. The number of amides is 1. The first kappa shape index (κ1) is 12.5. The van der Waals surface area contributed by atoms with Gasteiger partial charge in [0.1, 0.15) is 0 Å². The molecule has 0 saturated carbocycles. The number of carbonyl (C=O) groups is 1. The number of nitrogens with one attached hydrogen (secondary N) is 1. The Morgan fingerprint density at radius 2 is 2.05 bits per heavy atom. The summed E-state index contributed by atoms with van der Waals surface area (Å²) in [5.41, 5.74) is 1.23. The summed E-state index contributed by atoms with van der Waals surface area (Å²) in [6.07, 6.45) is 4.46. The fourth-order valence-corrected chi connectivity index (χ4v) is 2.28. The maximum atomic E-state index is 11.7. The standard InChI is InChI=1S/C16H16N2O2/c19-16(15-7-3-12-20-15)17-9-4-10-18-11-8-13-5-1-2-6-14(13)18/h1-3,5-8,11-12H,4,9-10H2,(H,17,19). The fourth-order valence-electron chi connectivity index (χ4n) is 2.28. The van der Waals surface area contributed by atoms with E-state index in [1.165, 1.54) is 17.2 Å². The van der Waals surface area contributed by atoms with Gasteiger partial charge in [0.25, 0.3) is 5.91 Å². The monoisotopic (exact) mass is 268 g/mol. The zero-order chi connectivity index (χ0) is 13.8. The average Bonchev–Trinajstić information content (AvgIpc) is 3.13. The molecule has 1 N–H and O–H groups in total. The number of hydrogen-bond donors (Lipinski definition) is 1. The van der Waals surface area contributed by atoms with E-state index in [0.29, 0.717) is 12.3 Å². The number of aryl methyl sites for hydroxylation is 1. The highest BCUT2D eigenvalue weighted by Gasteiger charge is 2.06. The minimum Gasteiger partial charge on any atom is -0.459 e. The second-order valence-electron chi connectivity index (χ2n) is 4.65. The third-order valence-corrected chi connectivity index (χ3v) is 3.29. The molecule has 0 atom stereocenters. The van der Waals surface area contributed by atoms with E-state index in [1.807, 2.05) is 12.1 Å². The van der Waals surface area contributed by atoms with Gasteiger partial charge in [-0.25, -0.2) is 0 Å². The molecule has 3 rings (SSSR count). The van der Waals surface area contributed by atoms with Gasteiger partial charge in [0.05, 0.1) is 6.26 Å². The summed E-state index contributed by atoms with van der Waals surface area (Å²) in [5.74, 6) is 0.198. The van der Waals surface area contributed by atoms with E-state index in [1.54, 1.807) is 12.1 Å². The number of nitrogens with zero attached hydrogens (tertiary/aromatic N) is 1. The van der Waals surface area contributed by atoms with Crippen LogP contribution in [0.5, 0.6) is 0 Å². The third kappa shape index (κ3) is 2.59. The SMILES string of the molecule is O=C(NCCCn1ccc2ccccc21)c1ccco1. The van der Waals surface area contributed by atoms with Gasteiger partial charge < -0.3 is 14.3 Å². The Labute approximate surface area is 117 Å². The van der Waals surface area contributed by atoms with E-state index in [9.17, 15) is 4.79 Å². The van der Waals surface area contributed by atoms with Crippen molar-refractivity contribution >= 4 is 16.8 Å². The molecule has 4 heteroatoms.